The molecule has 0 aromatic carbocycles. The Kier molecular flexibility index (Phi) is 4.08. The van der Waals surface area contributed by atoms with Crippen molar-refractivity contribution < 1.29 is 4.79 Å². The second-order valence-corrected chi connectivity index (χ2v) is 5.25. The predicted molar refractivity (Wildman–Crippen MR) is 64.1 cm³/mol. The van der Waals surface area contributed by atoms with Crippen LogP contribution in [0.15, 0.2) is 10.7 Å². The van der Waals surface area contributed by atoms with E-state index in [1.807, 2.05) is 27.7 Å². The fraction of sp³-hybridized carbons (Fsp3) is 0.636. The molecule has 0 aliphatic heterocycles. The van der Waals surface area contributed by atoms with Gasteiger partial charge in [-0.25, -0.2) is 0 Å². The van der Waals surface area contributed by atoms with E-state index in [4.69, 9.17) is 0 Å². The number of Topliss-reactive ketones (excluding diaryl/α,β-unsaturated/α-hetero) is 1. The number of carbonyl (C=O) groups excluding carboxylic acids is 1. The van der Waals surface area contributed by atoms with Gasteiger partial charge < -0.3 is 0 Å². The first kappa shape index (κ1) is 12.4. The van der Waals surface area contributed by atoms with Crippen LogP contribution in [0.3, 0.4) is 0 Å². The molecule has 1 heterocycles. The largest absolute Gasteiger partial charge is 0.292 e. The second-order valence-electron chi connectivity index (χ2n) is 4.40. The van der Waals surface area contributed by atoms with E-state index in [-0.39, 0.29) is 11.8 Å². The highest BCUT2D eigenvalue weighted by atomic mass is 79.9. The van der Waals surface area contributed by atoms with Gasteiger partial charge in [0.15, 0.2) is 5.78 Å². The monoisotopic (exact) mass is 272 g/mol. The van der Waals surface area contributed by atoms with Crippen LogP contribution < -0.4 is 0 Å². The summed E-state index contributed by atoms with van der Waals surface area (Å²) in [5.41, 5.74) is 0.693. The normalized spacial score (nSPS) is 11.4. The van der Waals surface area contributed by atoms with Gasteiger partial charge in [0.25, 0.3) is 0 Å². The summed E-state index contributed by atoms with van der Waals surface area (Å²) in [5.74, 6) is 0.531. The second kappa shape index (κ2) is 4.92. The van der Waals surface area contributed by atoms with Crippen molar-refractivity contribution in [2.45, 2.75) is 40.2 Å². The van der Waals surface area contributed by atoms with Crippen LogP contribution in [-0.4, -0.2) is 15.6 Å². The highest BCUT2D eigenvalue weighted by Gasteiger charge is 2.19. The number of ketones is 1. The molecule has 0 atom stereocenters. The van der Waals surface area contributed by atoms with E-state index in [1.165, 1.54) is 0 Å². The Bertz CT molecular complexity index is 355. The Morgan fingerprint density at radius 1 is 1.47 bits per heavy atom. The summed E-state index contributed by atoms with van der Waals surface area (Å²) in [6.45, 7) is 8.13. The van der Waals surface area contributed by atoms with Crippen LogP contribution in [0.5, 0.6) is 0 Å². The Morgan fingerprint density at radius 3 is 2.53 bits per heavy atom. The fourth-order valence-electron chi connectivity index (χ4n) is 1.46. The molecule has 0 aliphatic carbocycles. The topological polar surface area (TPSA) is 34.9 Å². The van der Waals surface area contributed by atoms with Gasteiger partial charge in [0.05, 0.1) is 10.7 Å². The predicted octanol–water partition coefficient (Wildman–Crippen LogP) is 3.46. The smallest absolute Gasteiger partial charge is 0.182 e. The third kappa shape index (κ3) is 2.91. The van der Waals surface area contributed by atoms with Crippen LogP contribution in [0, 0.1) is 5.92 Å². The van der Waals surface area contributed by atoms with Crippen LogP contribution in [0.4, 0.5) is 0 Å². The summed E-state index contributed by atoms with van der Waals surface area (Å²) in [6, 6.07) is 0.211. The standard InChI is InChI=1S/C11H17BrN2O/c1-7(2)5-10(15)11-9(12)6-13-14(11)8(3)4/h6-8H,5H2,1-4H3. The molecule has 0 saturated heterocycles. The number of halogens is 1. The molecular formula is C11H17BrN2O. The minimum atomic E-state index is 0.156. The van der Waals surface area contributed by atoms with E-state index in [0.717, 1.165) is 4.47 Å². The summed E-state index contributed by atoms with van der Waals surface area (Å²) in [6.07, 6.45) is 2.25. The van der Waals surface area contributed by atoms with E-state index < -0.39 is 0 Å². The van der Waals surface area contributed by atoms with Gasteiger partial charge in [-0.2, -0.15) is 5.10 Å². The van der Waals surface area contributed by atoms with Gasteiger partial charge in [0.2, 0.25) is 0 Å². The Hall–Kier alpha value is -0.640. The zero-order valence-corrected chi connectivity index (χ0v) is 11.2. The molecule has 0 aliphatic rings. The van der Waals surface area contributed by atoms with Crippen molar-refractivity contribution in [1.82, 2.24) is 9.78 Å². The fourth-order valence-corrected chi connectivity index (χ4v) is 1.96. The number of rotatable bonds is 4. The summed E-state index contributed by atoms with van der Waals surface area (Å²) in [4.78, 5) is 12.0. The zero-order chi connectivity index (χ0) is 11.6. The molecule has 15 heavy (non-hydrogen) atoms. The molecule has 84 valence electrons. The van der Waals surface area contributed by atoms with Gasteiger partial charge in [-0.05, 0) is 35.7 Å². The first-order valence-electron chi connectivity index (χ1n) is 5.19. The molecule has 0 bridgehead atoms. The van der Waals surface area contributed by atoms with Gasteiger partial charge >= 0.3 is 0 Å². The molecule has 0 fully saturated rings. The Labute approximate surface area is 99.0 Å². The maximum absolute atomic E-state index is 12.0. The van der Waals surface area contributed by atoms with E-state index in [1.54, 1.807) is 10.9 Å². The summed E-state index contributed by atoms with van der Waals surface area (Å²) >= 11 is 3.37. The van der Waals surface area contributed by atoms with Crippen molar-refractivity contribution in [1.29, 1.82) is 0 Å². The number of hydrogen-bond acceptors (Lipinski definition) is 2. The van der Waals surface area contributed by atoms with E-state index in [9.17, 15) is 4.79 Å². The van der Waals surface area contributed by atoms with Crippen molar-refractivity contribution >= 4 is 21.7 Å². The van der Waals surface area contributed by atoms with Gasteiger partial charge in [-0.1, -0.05) is 13.8 Å². The number of carbonyl (C=O) groups is 1. The molecule has 1 rings (SSSR count). The van der Waals surface area contributed by atoms with E-state index >= 15 is 0 Å². The van der Waals surface area contributed by atoms with Gasteiger partial charge in [-0.15, -0.1) is 0 Å². The lowest BCUT2D eigenvalue weighted by Crippen LogP contribution is -2.14. The highest BCUT2D eigenvalue weighted by Crippen LogP contribution is 2.22. The molecule has 0 spiro atoms. The van der Waals surface area contributed by atoms with E-state index in [0.29, 0.717) is 18.0 Å². The van der Waals surface area contributed by atoms with Crippen molar-refractivity contribution in [3.05, 3.63) is 16.4 Å². The molecule has 0 unspecified atom stereocenters. The van der Waals surface area contributed by atoms with Crippen molar-refractivity contribution in [3.8, 4) is 0 Å². The average molecular weight is 273 g/mol. The Morgan fingerprint density at radius 2 is 2.07 bits per heavy atom. The van der Waals surface area contributed by atoms with Crippen LogP contribution in [-0.2, 0) is 0 Å². The molecule has 1 aromatic rings. The van der Waals surface area contributed by atoms with Crippen LogP contribution in [0.25, 0.3) is 0 Å². The number of nitrogens with zero attached hydrogens (tertiary/aromatic N) is 2. The molecule has 3 nitrogen and oxygen atoms in total. The minimum Gasteiger partial charge on any atom is -0.292 e. The van der Waals surface area contributed by atoms with Crippen LogP contribution in [0.2, 0.25) is 0 Å². The Balaban J connectivity index is 3.01. The molecule has 0 amide bonds. The third-order valence-electron chi connectivity index (χ3n) is 2.10. The van der Waals surface area contributed by atoms with Crippen molar-refractivity contribution in [3.63, 3.8) is 0 Å². The molecule has 0 saturated carbocycles. The van der Waals surface area contributed by atoms with Crippen molar-refractivity contribution in [2.75, 3.05) is 0 Å². The zero-order valence-electron chi connectivity index (χ0n) is 9.62. The number of hydrogen-bond donors (Lipinski definition) is 0. The van der Waals surface area contributed by atoms with Gasteiger partial charge in [0.1, 0.15) is 5.69 Å². The van der Waals surface area contributed by atoms with Gasteiger partial charge in [0, 0.05) is 12.5 Å². The molecular weight excluding hydrogens is 256 g/mol. The lowest BCUT2D eigenvalue weighted by atomic mass is 10.1. The lowest BCUT2D eigenvalue weighted by Gasteiger charge is -2.11. The summed E-state index contributed by atoms with van der Waals surface area (Å²) in [5, 5.41) is 4.19. The first-order valence-corrected chi connectivity index (χ1v) is 5.99. The first-order chi connectivity index (χ1) is 6.93. The maximum atomic E-state index is 12.0. The maximum Gasteiger partial charge on any atom is 0.182 e. The SMILES string of the molecule is CC(C)CC(=O)c1c(Br)cnn1C(C)C. The third-order valence-corrected chi connectivity index (χ3v) is 2.68. The summed E-state index contributed by atoms with van der Waals surface area (Å²) in [7, 11) is 0. The molecule has 0 N–H and O–H groups in total. The summed E-state index contributed by atoms with van der Waals surface area (Å²) < 4.78 is 2.57. The molecule has 1 aromatic heterocycles. The van der Waals surface area contributed by atoms with E-state index in [2.05, 4.69) is 21.0 Å². The average Bonchev–Trinajstić information content (AvgIpc) is 2.45. The van der Waals surface area contributed by atoms with Crippen molar-refractivity contribution in [2.24, 2.45) is 5.92 Å². The quantitative estimate of drug-likeness (QED) is 0.787. The molecule has 4 heteroatoms. The van der Waals surface area contributed by atoms with Gasteiger partial charge in [-0.3, -0.25) is 9.48 Å². The lowest BCUT2D eigenvalue weighted by molar-refractivity contribution is 0.0954. The van der Waals surface area contributed by atoms with Crippen LogP contribution >= 0.6 is 15.9 Å². The molecule has 0 radical (unpaired) electrons. The number of aromatic nitrogens is 2. The van der Waals surface area contributed by atoms with Crippen LogP contribution in [0.1, 0.15) is 50.6 Å². The highest BCUT2D eigenvalue weighted by molar-refractivity contribution is 9.10. The minimum absolute atomic E-state index is 0.156.